The lowest BCUT2D eigenvalue weighted by atomic mass is 10.1. The molecule has 1 aromatic heterocycles. The molecule has 0 saturated carbocycles. The number of nitrogens with one attached hydrogen (secondary N) is 1. The van der Waals surface area contributed by atoms with Crippen LogP contribution in [0.2, 0.25) is 0 Å². The number of hydrogen-bond donors (Lipinski definition) is 1. The smallest absolute Gasteiger partial charge is 0.289 e. The van der Waals surface area contributed by atoms with E-state index in [0.29, 0.717) is 11.3 Å². The van der Waals surface area contributed by atoms with Gasteiger partial charge in [0.1, 0.15) is 0 Å². The van der Waals surface area contributed by atoms with Crippen molar-refractivity contribution in [3.63, 3.8) is 0 Å². The molecule has 0 saturated heterocycles. The number of unbranched alkanes of at least 4 members (excludes halogenated alkanes) is 1. The van der Waals surface area contributed by atoms with Gasteiger partial charge in [0.25, 0.3) is 12.1 Å². The van der Waals surface area contributed by atoms with Gasteiger partial charge in [-0.2, -0.15) is 5.01 Å². The van der Waals surface area contributed by atoms with Crippen molar-refractivity contribution >= 4 is 23.4 Å². The predicted octanol–water partition coefficient (Wildman–Crippen LogP) is 2.93. The van der Waals surface area contributed by atoms with E-state index in [2.05, 4.69) is 22.3 Å². The third kappa shape index (κ3) is 4.49. The first-order valence-electron chi connectivity index (χ1n) is 8.93. The maximum atomic E-state index is 12.6. The predicted molar refractivity (Wildman–Crippen MR) is 102 cm³/mol. The van der Waals surface area contributed by atoms with Crippen molar-refractivity contribution in [1.29, 1.82) is 0 Å². The monoisotopic (exact) mass is 366 g/mol. The molecule has 2 amide bonds. The van der Waals surface area contributed by atoms with Gasteiger partial charge >= 0.3 is 0 Å². The van der Waals surface area contributed by atoms with E-state index < -0.39 is 12.1 Å². The Balaban J connectivity index is 1.69. The highest BCUT2D eigenvalue weighted by Gasteiger charge is 2.37. The lowest BCUT2D eigenvalue weighted by Crippen LogP contribution is -2.42. The van der Waals surface area contributed by atoms with Gasteiger partial charge in [-0.1, -0.05) is 25.5 Å². The Kier molecular flexibility index (Phi) is 5.80. The fraction of sp³-hybridized carbons (Fsp3) is 0.300. The number of anilines is 1. The fourth-order valence-electron chi connectivity index (χ4n) is 2.69. The van der Waals surface area contributed by atoms with Gasteiger partial charge in [-0.3, -0.25) is 14.6 Å². The van der Waals surface area contributed by atoms with Crippen molar-refractivity contribution < 1.29 is 14.3 Å². The number of carbonyl (C=O) groups is 2. The SMILES string of the molecule is CCCCc1ccc(NC(=O)C2OC(c3ccncc3)=NN2C(C)=O)cc1. The van der Waals surface area contributed by atoms with Crippen LogP contribution >= 0.6 is 0 Å². The highest BCUT2D eigenvalue weighted by Crippen LogP contribution is 2.19. The summed E-state index contributed by atoms with van der Waals surface area (Å²) in [6.45, 7) is 3.49. The first-order valence-corrected chi connectivity index (χ1v) is 8.93. The molecular formula is C20H22N4O3. The third-order valence-electron chi connectivity index (χ3n) is 4.16. The van der Waals surface area contributed by atoms with E-state index in [0.717, 1.165) is 24.3 Å². The molecule has 1 unspecified atom stereocenters. The highest BCUT2D eigenvalue weighted by molar-refractivity contribution is 6.02. The molecule has 1 N–H and O–H groups in total. The number of benzene rings is 1. The van der Waals surface area contributed by atoms with Crippen molar-refractivity contribution in [3.05, 3.63) is 59.9 Å². The van der Waals surface area contributed by atoms with Gasteiger partial charge in [0.2, 0.25) is 11.8 Å². The summed E-state index contributed by atoms with van der Waals surface area (Å²) < 4.78 is 5.65. The van der Waals surface area contributed by atoms with Gasteiger partial charge in [0, 0.05) is 30.6 Å². The number of hydrogen-bond acceptors (Lipinski definition) is 5. The number of aromatic nitrogens is 1. The number of rotatable bonds is 6. The van der Waals surface area contributed by atoms with Crippen LogP contribution in [0.3, 0.4) is 0 Å². The third-order valence-corrected chi connectivity index (χ3v) is 4.16. The Bertz CT molecular complexity index is 834. The summed E-state index contributed by atoms with van der Waals surface area (Å²) in [4.78, 5) is 28.5. The number of nitrogens with zero attached hydrogens (tertiary/aromatic N) is 3. The van der Waals surface area contributed by atoms with Crippen LogP contribution in [0.25, 0.3) is 0 Å². The molecule has 7 heteroatoms. The average molecular weight is 366 g/mol. The van der Waals surface area contributed by atoms with E-state index in [-0.39, 0.29) is 11.8 Å². The lowest BCUT2D eigenvalue weighted by Gasteiger charge is -2.18. The number of pyridine rings is 1. The van der Waals surface area contributed by atoms with E-state index in [9.17, 15) is 9.59 Å². The van der Waals surface area contributed by atoms with Crippen molar-refractivity contribution in [1.82, 2.24) is 9.99 Å². The molecule has 0 radical (unpaired) electrons. The van der Waals surface area contributed by atoms with Gasteiger partial charge < -0.3 is 10.1 Å². The Hall–Kier alpha value is -3.22. The Morgan fingerprint density at radius 3 is 2.48 bits per heavy atom. The Morgan fingerprint density at radius 2 is 1.85 bits per heavy atom. The maximum absolute atomic E-state index is 12.6. The molecule has 3 rings (SSSR count). The van der Waals surface area contributed by atoms with E-state index in [1.807, 2.05) is 24.3 Å². The molecule has 1 aliphatic heterocycles. The molecule has 1 atom stereocenters. The zero-order valence-electron chi connectivity index (χ0n) is 15.4. The van der Waals surface area contributed by atoms with Crippen LogP contribution in [0.5, 0.6) is 0 Å². The van der Waals surface area contributed by atoms with Gasteiger partial charge in [-0.15, -0.1) is 5.10 Å². The molecule has 1 aromatic carbocycles. The highest BCUT2D eigenvalue weighted by atomic mass is 16.5. The molecular weight excluding hydrogens is 344 g/mol. The first-order chi connectivity index (χ1) is 13.1. The van der Waals surface area contributed by atoms with Gasteiger partial charge in [-0.05, 0) is 42.7 Å². The minimum atomic E-state index is -1.15. The van der Waals surface area contributed by atoms with E-state index >= 15 is 0 Å². The summed E-state index contributed by atoms with van der Waals surface area (Å²) in [6, 6.07) is 11.1. The summed E-state index contributed by atoms with van der Waals surface area (Å²) in [6.07, 6.45) is 5.31. The van der Waals surface area contributed by atoms with Crippen LogP contribution in [0.4, 0.5) is 5.69 Å². The molecule has 2 aromatic rings. The van der Waals surface area contributed by atoms with Crippen molar-refractivity contribution in [3.8, 4) is 0 Å². The zero-order chi connectivity index (χ0) is 19.2. The molecule has 27 heavy (non-hydrogen) atoms. The topological polar surface area (TPSA) is 83.9 Å². The zero-order valence-corrected chi connectivity index (χ0v) is 15.4. The van der Waals surface area contributed by atoms with Crippen LogP contribution in [0.15, 0.2) is 53.9 Å². The quantitative estimate of drug-likeness (QED) is 0.852. The van der Waals surface area contributed by atoms with Gasteiger partial charge in [0.15, 0.2) is 0 Å². The van der Waals surface area contributed by atoms with Crippen LogP contribution < -0.4 is 5.32 Å². The number of amides is 2. The van der Waals surface area contributed by atoms with Crippen molar-refractivity contribution in [2.24, 2.45) is 5.10 Å². The standard InChI is InChI=1S/C20H22N4O3/c1-3-4-5-15-6-8-17(9-7-15)22-18(26)20-24(14(2)25)23-19(27-20)16-10-12-21-13-11-16/h6-13,20H,3-5H2,1-2H3,(H,22,26). The first kappa shape index (κ1) is 18.6. The summed E-state index contributed by atoms with van der Waals surface area (Å²) in [5, 5.41) is 7.96. The lowest BCUT2D eigenvalue weighted by molar-refractivity contribution is -0.143. The normalized spacial score (nSPS) is 15.9. The molecule has 0 aliphatic carbocycles. The van der Waals surface area contributed by atoms with Crippen LogP contribution in [-0.4, -0.2) is 33.9 Å². The summed E-state index contributed by atoms with van der Waals surface area (Å²) >= 11 is 0. The molecule has 0 spiro atoms. The maximum Gasteiger partial charge on any atom is 0.289 e. The second-order valence-corrected chi connectivity index (χ2v) is 6.26. The van der Waals surface area contributed by atoms with Crippen LogP contribution in [-0.2, 0) is 20.7 Å². The van der Waals surface area contributed by atoms with Crippen molar-refractivity contribution in [2.45, 2.75) is 39.3 Å². The number of carbonyl (C=O) groups excluding carboxylic acids is 2. The summed E-state index contributed by atoms with van der Waals surface area (Å²) in [5.74, 6) is -0.629. The van der Waals surface area contributed by atoms with Crippen LogP contribution in [0.1, 0.15) is 37.8 Å². The van der Waals surface area contributed by atoms with E-state index in [4.69, 9.17) is 4.74 Å². The average Bonchev–Trinajstić information content (AvgIpc) is 3.14. The molecule has 2 heterocycles. The Labute approximate surface area is 158 Å². The van der Waals surface area contributed by atoms with Crippen molar-refractivity contribution in [2.75, 3.05) is 5.32 Å². The number of hydrazone groups is 1. The number of ether oxygens (including phenoxy) is 1. The minimum Gasteiger partial charge on any atom is -0.440 e. The summed E-state index contributed by atoms with van der Waals surface area (Å²) in [7, 11) is 0. The van der Waals surface area contributed by atoms with E-state index in [1.165, 1.54) is 12.5 Å². The second kappa shape index (κ2) is 8.44. The van der Waals surface area contributed by atoms with Gasteiger partial charge in [0.05, 0.1) is 0 Å². The molecule has 7 nitrogen and oxygen atoms in total. The second-order valence-electron chi connectivity index (χ2n) is 6.26. The minimum absolute atomic E-state index is 0.211. The van der Waals surface area contributed by atoms with Crippen LogP contribution in [0, 0.1) is 0 Å². The summed E-state index contributed by atoms with van der Waals surface area (Å²) in [5.41, 5.74) is 2.51. The Morgan fingerprint density at radius 1 is 1.15 bits per heavy atom. The van der Waals surface area contributed by atoms with E-state index in [1.54, 1.807) is 24.5 Å². The molecule has 0 fully saturated rings. The fourth-order valence-corrected chi connectivity index (χ4v) is 2.69. The number of aryl methyl sites for hydroxylation is 1. The molecule has 140 valence electrons. The van der Waals surface area contributed by atoms with Gasteiger partial charge in [-0.25, -0.2) is 0 Å². The largest absolute Gasteiger partial charge is 0.440 e. The molecule has 1 aliphatic rings. The molecule has 0 bridgehead atoms.